The molecule has 0 aliphatic heterocycles. The number of anilines is 1. The number of carbonyl (C=O) groups is 1. The average molecular weight is 470 g/mol. The van der Waals surface area contributed by atoms with Crippen LogP contribution in [0.2, 0.25) is 5.02 Å². The van der Waals surface area contributed by atoms with E-state index in [-0.39, 0.29) is 11.7 Å². The van der Waals surface area contributed by atoms with E-state index in [2.05, 4.69) is 32.6 Å². The number of carbonyl (C=O) groups excluding carboxylic acids is 1. The Hall–Kier alpha value is -2.68. The largest absolute Gasteiger partial charge is 0.302 e. The molecule has 0 fully saturated rings. The second-order valence-electron chi connectivity index (χ2n) is 6.84. The van der Waals surface area contributed by atoms with Gasteiger partial charge in [0.15, 0.2) is 10.3 Å². The summed E-state index contributed by atoms with van der Waals surface area (Å²) in [5, 5.41) is 13.3. The van der Waals surface area contributed by atoms with Crippen LogP contribution in [0.15, 0.2) is 66.0 Å². The van der Waals surface area contributed by atoms with Gasteiger partial charge in [0.25, 0.3) is 0 Å². The predicted octanol–water partition coefficient (Wildman–Crippen LogP) is 5.07. The number of hydrogen-bond donors (Lipinski definition) is 1. The molecule has 158 valence electrons. The van der Waals surface area contributed by atoms with E-state index in [1.807, 2.05) is 54.0 Å². The van der Waals surface area contributed by atoms with Crippen LogP contribution in [0.4, 0.5) is 5.13 Å². The van der Waals surface area contributed by atoms with Gasteiger partial charge in [0, 0.05) is 22.5 Å². The number of thiazole rings is 1. The molecule has 0 spiro atoms. The van der Waals surface area contributed by atoms with E-state index in [1.54, 1.807) is 6.20 Å². The summed E-state index contributed by atoms with van der Waals surface area (Å²) in [4.78, 5) is 17.8. The van der Waals surface area contributed by atoms with E-state index in [4.69, 9.17) is 11.6 Å². The Morgan fingerprint density at radius 1 is 1.13 bits per heavy atom. The van der Waals surface area contributed by atoms with Crippen molar-refractivity contribution in [1.29, 1.82) is 0 Å². The van der Waals surface area contributed by atoms with Crippen LogP contribution in [0, 0.1) is 6.92 Å². The van der Waals surface area contributed by atoms with Crippen LogP contribution in [0.3, 0.4) is 0 Å². The number of rotatable bonds is 8. The van der Waals surface area contributed by atoms with E-state index in [9.17, 15) is 4.79 Å². The highest BCUT2D eigenvalue weighted by atomic mass is 35.5. The van der Waals surface area contributed by atoms with E-state index >= 15 is 0 Å². The maximum absolute atomic E-state index is 12.4. The van der Waals surface area contributed by atoms with Crippen molar-refractivity contribution in [1.82, 2.24) is 19.7 Å². The highest BCUT2D eigenvalue weighted by Gasteiger charge is 2.14. The molecule has 0 bridgehead atoms. The molecule has 0 atom stereocenters. The minimum Gasteiger partial charge on any atom is -0.302 e. The lowest BCUT2D eigenvalue weighted by Gasteiger charge is -2.08. The monoisotopic (exact) mass is 469 g/mol. The zero-order valence-corrected chi connectivity index (χ0v) is 19.2. The number of halogens is 1. The van der Waals surface area contributed by atoms with Gasteiger partial charge in [0.2, 0.25) is 5.91 Å². The van der Waals surface area contributed by atoms with Crippen LogP contribution in [0.1, 0.15) is 21.8 Å². The fourth-order valence-electron chi connectivity index (χ4n) is 2.98. The van der Waals surface area contributed by atoms with Crippen molar-refractivity contribution in [2.75, 3.05) is 11.1 Å². The third-order valence-electron chi connectivity index (χ3n) is 4.54. The van der Waals surface area contributed by atoms with E-state index in [0.717, 1.165) is 32.0 Å². The maximum Gasteiger partial charge on any atom is 0.236 e. The lowest BCUT2D eigenvalue weighted by molar-refractivity contribution is -0.113. The van der Waals surface area contributed by atoms with Crippen molar-refractivity contribution >= 4 is 45.7 Å². The van der Waals surface area contributed by atoms with Crippen molar-refractivity contribution in [3.63, 3.8) is 0 Å². The van der Waals surface area contributed by atoms with Crippen LogP contribution < -0.4 is 5.32 Å². The van der Waals surface area contributed by atoms with Gasteiger partial charge in [-0.1, -0.05) is 71.9 Å². The molecule has 31 heavy (non-hydrogen) atoms. The first-order valence-corrected chi connectivity index (χ1v) is 11.8. The van der Waals surface area contributed by atoms with Gasteiger partial charge in [0.05, 0.1) is 12.3 Å². The maximum atomic E-state index is 12.4. The molecule has 2 heterocycles. The highest BCUT2D eigenvalue weighted by molar-refractivity contribution is 7.99. The molecule has 0 aliphatic carbocycles. The number of thioether (sulfide) groups is 1. The second kappa shape index (κ2) is 10.1. The minimum atomic E-state index is -0.129. The standard InChI is InChI=1S/C22H20ClN5OS2/c1-15-26-27-22(28(15)13-16-7-3-2-4-8-16)30-14-20(29)25-21-24-12-18(31-21)11-17-9-5-6-10-19(17)23/h2-10,12H,11,13-14H2,1H3,(H,24,25,29). The summed E-state index contributed by atoms with van der Waals surface area (Å²) in [6, 6.07) is 17.8. The van der Waals surface area contributed by atoms with Crippen LogP contribution in [-0.4, -0.2) is 31.4 Å². The van der Waals surface area contributed by atoms with Crippen molar-refractivity contribution in [2.45, 2.75) is 25.0 Å². The van der Waals surface area contributed by atoms with E-state index in [0.29, 0.717) is 18.1 Å². The summed E-state index contributed by atoms with van der Waals surface area (Å²) in [7, 11) is 0. The molecule has 0 saturated heterocycles. The van der Waals surface area contributed by atoms with Crippen molar-refractivity contribution in [3.8, 4) is 0 Å². The molecule has 0 aliphatic rings. The third kappa shape index (κ3) is 5.72. The molecule has 1 amide bonds. The predicted molar refractivity (Wildman–Crippen MR) is 126 cm³/mol. The Morgan fingerprint density at radius 3 is 2.71 bits per heavy atom. The third-order valence-corrected chi connectivity index (χ3v) is 6.79. The number of hydrogen-bond acceptors (Lipinski definition) is 6. The summed E-state index contributed by atoms with van der Waals surface area (Å²) < 4.78 is 2.01. The van der Waals surface area contributed by atoms with Crippen LogP contribution >= 0.6 is 34.7 Å². The summed E-state index contributed by atoms with van der Waals surface area (Å²) in [6.07, 6.45) is 2.46. The second-order valence-corrected chi connectivity index (χ2v) is 9.30. The zero-order chi connectivity index (χ0) is 21.6. The fraction of sp³-hybridized carbons (Fsp3) is 0.182. The van der Waals surface area contributed by atoms with E-state index < -0.39 is 0 Å². The summed E-state index contributed by atoms with van der Waals surface area (Å²) in [6.45, 7) is 2.58. The Morgan fingerprint density at radius 2 is 1.90 bits per heavy atom. The quantitative estimate of drug-likeness (QED) is 0.365. The molecule has 0 saturated carbocycles. The van der Waals surface area contributed by atoms with Crippen LogP contribution in [0.25, 0.3) is 0 Å². The lowest BCUT2D eigenvalue weighted by atomic mass is 10.1. The zero-order valence-electron chi connectivity index (χ0n) is 16.8. The summed E-state index contributed by atoms with van der Waals surface area (Å²) in [5.74, 6) is 0.915. The molecule has 2 aromatic carbocycles. The molecule has 4 aromatic rings. The van der Waals surface area contributed by atoms with Gasteiger partial charge in [-0.05, 0) is 24.1 Å². The first-order chi connectivity index (χ1) is 15.1. The molecular formula is C22H20ClN5OS2. The van der Waals surface area contributed by atoms with Crippen LogP contribution in [0.5, 0.6) is 0 Å². The van der Waals surface area contributed by atoms with Gasteiger partial charge in [-0.25, -0.2) is 4.98 Å². The molecule has 0 radical (unpaired) electrons. The van der Waals surface area contributed by atoms with Gasteiger partial charge in [-0.3, -0.25) is 4.79 Å². The highest BCUT2D eigenvalue weighted by Crippen LogP contribution is 2.25. The molecule has 2 aromatic heterocycles. The Balaban J connectivity index is 1.33. The Bertz CT molecular complexity index is 1180. The van der Waals surface area contributed by atoms with Gasteiger partial charge in [-0.15, -0.1) is 21.5 Å². The normalized spacial score (nSPS) is 10.9. The number of amides is 1. The first kappa shape index (κ1) is 21.5. The van der Waals surface area contributed by atoms with Gasteiger partial charge in [0.1, 0.15) is 5.82 Å². The number of benzene rings is 2. The fourth-order valence-corrected chi connectivity index (χ4v) is 4.82. The SMILES string of the molecule is Cc1nnc(SCC(=O)Nc2ncc(Cc3ccccc3Cl)s2)n1Cc1ccccc1. The summed E-state index contributed by atoms with van der Waals surface area (Å²) >= 11 is 9.04. The molecular weight excluding hydrogens is 450 g/mol. The molecule has 0 unspecified atom stereocenters. The molecule has 9 heteroatoms. The molecule has 4 rings (SSSR count). The number of aryl methyl sites for hydroxylation is 1. The smallest absolute Gasteiger partial charge is 0.236 e. The number of nitrogens with one attached hydrogen (secondary N) is 1. The Labute approximate surface area is 193 Å². The van der Waals surface area contributed by atoms with Crippen LogP contribution in [-0.2, 0) is 17.8 Å². The van der Waals surface area contributed by atoms with Crippen molar-refractivity contribution in [3.05, 3.63) is 87.6 Å². The average Bonchev–Trinajstić information content (AvgIpc) is 3.35. The van der Waals surface area contributed by atoms with Crippen molar-refractivity contribution in [2.24, 2.45) is 0 Å². The van der Waals surface area contributed by atoms with Crippen molar-refractivity contribution < 1.29 is 4.79 Å². The van der Waals surface area contributed by atoms with Gasteiger partial charge in [-0.2, -0.15) is 0 Å². The Kier molecular flexibility index (Phi) is 7.01. The van der Waals surface area contributed by atoms with E-state index in [1.165, 1.54) is 23.1 Å². The number of aromatic nitrogens is 4. The van der Waals surface area contributed by atoms with Gasteiger partial charge >= 0.3 is 0 Å². The topological polar surface area (TPSA) is 72.7 Å². The minimum absolute atomic E-state index is 0.129. The molecule has 1 N–H and O–H groups in total. The molecule has 6 nitrogen and oxygen atoms in total. The lowest BCUT2D eigenvalue weighted by Crippen LogP contribution is -2.14. The number of nitrogens with zero attached hydrogens (tertiary/aromatic N) is 4. The summed E-state index contributed by atoms with van der Waals surface area (Å²) in [5.41, 5.74) is 2.19. The van der Waals surface area contributed by atoms with Gasteiger partial charge < -0.3 is 9.88 Å². The first-order valence-electron chi connectivity index (χ1n) is 9.63.